The number of nitrogens with one attached hydrogen (secondary N) is 2. The van der Waals surface area contributed by atoms with Gasteiger partial charge in [-0.25, -0.2) is 0 Å². The number of thiophene rings is 1. The normalized spacial score (nSPS) is 15.4. The van der Waals surface area contributed by atoms with Crippen molar-refractivity contribution in [2.45, 2.75) is 19.4 Å². The van der Waals surface area contributed by atoms with Gasteiger partial charge in [-0.2, -0.15) is 0 Å². The smallest absolute Gasteiger partial charge is 0.279 e. The number of hydrogen-bond donors (Lipinski definition) is 2. The van der Waals surface area contributed by atoms with Gasteiger partial charge in [0, 0.05) is 13.1 Å². The minimum absolute atomic E-state index is 0.0473. The lowest BCUT2D eigenvalue weighted by atomic mass is 9.93. The summed E-state index contributed by atoms with van der Waals surface area (Å²) in [6.45, 7) is 1.46. The standard InChI is InChI=1S/C18H17N3O3S/c1-12(22)21-9-8-13-5-2-3-6-14(13)15(21)11-17(23)19-20-18(24)16-7-4-10-25-16/h2-10,15H,11H2,1H3,(H,19,23)(H,20,24)/t15-/m1/s1. The summed E-state index contributed by atoms with van der Waals surface area (Å²) in [6.07, 6.45) is 3.59. The highest BCUT2D eigenvalue weighted by Crippen LogP contribution is 2.32. The van der Waals surface area contributed by atoms with E-state index in [1.54, 1.807) is 23.7 Å². The van der Waals surface area contributed by atoms with Crippen molar-refractivity contribution in [1.29, 1.82) is 0 Å². The van der Waals surface area contributed by atoms with E-state index in [4.69, 9.17) is 0 Å². The lowest BCUT2D eigenvalue weighted by Crippen LogP contribution is -2.43. The largest absolute Gasteiger partial charge is 0.311 e. The fourth-order valence-electron chi connectivity index (χ4n) is 2.74. The summed E-state index contributed by atoms with van der Waals surface area (Å²) in [7, 11) is 0. The average molecular weight is 355 g/mol. The molecule has 1 atom stereocenters. The number of amides is 3. The van der Waals surface area contributed by atoms with Crippen LogP contribution in [0.5, 0.6) is 0 Å². The Morgan fingerprint density at radius 1 is 1.12 bits per heavy atom. The molecule has 0 aliphatic carbocycles. The maximum Gasteiger partial charge on any atom is 0.279 e. The number of hydrogen-bond acceptors (Lipinski definition) is 4. The van der Waals surface area contributed by atoms with Gasteiger partial charge in [-0.3, -0.25) is 25.2 Å². The first-order valence-corrected chi connectivity index (χ1v) is 8.63. The minimum Gasteiger partial charge on any atom is -0.311 e. The topological polar surface area (TPSA) is 78.5 Å². The first-order valence-electron chi connectivity index (χ1n) is 7.75. The number of benzene rings is 1. The summed E-state index contributed by atoms with van der Waals surface area (Å²) >= 11 is 1.29. The van der Waals surface area contributed by atoms with E-state index < -0.39 is 6.04 Å². The fourth-order valence-corrected chi connectivity index (χ4v) is 3.35. The van der Waals surface area contributed by atoms with Crippen molar-refractivity contribution >= 4 is 35.1 Å². The number of carbonyl (C=O) groups excluding carboxylic acids is 3. The van der Waals surface area contributed by atoms with Crippen LogP contribution in [-0.2, 0) is 9.59 Å². The Bertz CT molecular complexity index is 830. The highest BCUT2D eigenvalue weighted by molar-refractivity contribution is 7.12. The highest BCUT2D eigenvalue weighted by Gasteiger charge is 2.28. The third-order valence-electron chi connectivity index (χ3n) is 3.91. The van der Waals surface area contributed by atoms with Crippen LogP contribution in [0.4, 0.5) is 0 Å². The monoisotopic (exact) mass is 355 g/mol. The SMILES string of the molecule is CC(=O)N1C=Cc2ccccc2[C@H]1CC(=O)NNC(=O)c1cccs1. The zero-order valence-electron chi connectivity index (χ0n) is 13.6. The quantitative estimate of drug-likeness (QED) is 0.830. The molecule has 3 amide bonds. The Morgan fingerprint density at radius 2 is 1.92 bits per heavy atom. The zero-order valence-corrected chi connectivity index (χ0v) is 14.4. The molecule has 2 aromatic rings. The molecule has 3 rings (SSSR count). The summed E-state index contributed by atoms with van der Waals surface area (Å²) in [6, 6.07) is 10.6. The van der Waals surface area contributed by atoms with Gasteiger partial charge in [0.15, 0.2) is 0 Å². The molecule has 2 N–H and O–H groups in total. The molecule has 0 fully saturated rings. The predicted octanol–water partition coefficient (Wildman–Crippen LogP) is 2.47. The second-order valence-corrected chi connectivity index (χ2v) is 6.52. The van der Waals surface area contributed by atoms with Gasteiger partial charge in [0.25, 0.3) is 5.91 Å². The molecule has 128 valence electrons. The second kappa shape index (κ2) is 7.31. The first-order chi connectivity index (χ1) is 12.1. The van der Waals surface area contributed by atoms with Crippen molar-refractivity contribution in [3.05, 3.63) is 64.0 Å². The van der Waals surface area contributed by atoms with E-state index in [0.717, 1.165) is 11.1 Å². The van der Waals surface area contributed by atoms with Crippen LogP contribution in [0, 0.1) is 0 Å². The van der Waals surface area contributed by atoms with Crippen LogP contribution in [0.3, 0.4) is 0 Å². The van der Waals surface area contributed by atoms with Crippen LogP contribution in [0.1, 0.15) is 40.2 Å². The van der Waals surface area contributed by atoms with E-state index in [1.807, 2.05) is 30.3 Å². The van der Waals surface area contributed by atoms with E-state index in [1.165, 1.54) is 23.2 Å². The zero-order chi connectivity index (χ0) is 17.8. The molecule has 0 bridgehead atoms. The predicted molar refractivity (Wildman–Crippen MR) is 95.3 cm³/mol. The van der Waals surface area contributed by atoms with Crippen molar-refractivity contribution in [1.82, 2.24) is 15.8 Å². The van der Waals surface area contributed by atoms with Crippen molar-refractivity contribution in [3.8, 4) is 0 Å². The lowest BCUT2D eigenvalue weighted by molar-refractivity contribution is -0.130. The molecule has 0 saturated heterocycles. The minimum atomic E-state index is -0.405. The molecule has 6 nitrogen and oxygen atoms in total. The Hall–Kier alpha value is -2.93. The van der Waals surface area contributed by atoms with Crippen molar-refractivity contribution in [2.75, 3.05) is 0 Å². The molecule has 1 aromatic carbocycles. The van der Waals surface area contributed by atoms with Gasteiger partial charge in [0.1, 0.15) is 0 Å². The molecular weight excluding hydrogens is 338 g/mol. The summed E-state index contributed by atoms with van der Waals surface area (Å²) < 4.78 is 0. The molecule has 1 aromatic heterocycles. The van der Waals surface area contributed by atoms with E-state index in [2.05, 4.69) is 10.9 Å². The highest BCUT2D eigenvalue weighted by atomic mass is 32.1. The molecule has 0 unspecified atom stereocenters. The Labute approximate surface area is 149 Å². The molecule has 2 heterocycles. The third kappa shape index (κ3) is 3.77. The molecule has 0 spiro atoms. The number of carbonyl (C=O) groups is 3. The number of rotatable bonds is 3. The van der Waals surface area contributed by atoms with Gasteiger partial charge in [0.05, 0.1) is 17.3 Å². The average Bonchev–Trinajstić information content (AvgIpc) is 3.14. The van der Waals surface area contributed by atoms with Gasteiger partial charge in [-0.15, -0.1) is 11.3 Å². The number of nitrogens with zero attached hydrogens (tertiary/aromatic N) is 1. The van der Waals surface area contributed by atoms with E-state index >= 15 is 0 Å². The van der Waals surface area contributed by atoms with Crippen molar-refractivity contribution < 1.29 is 14.4 Å². The molecule has 25 heavy (non-hydrogen) atoms. The van der Waals surface area contributed by atoms with Crippen LogP contribution >= 0.6 is 11.3 Å². The lowest BCUT2D eigenvalue weighted by Gasteiger charge is -2.32. The van der Waals surface area contributed by atoms with E-state index in [0.29, 0.717) is 4.88 Å². The third-order valence-corrected chi connectivity index (χ3v) is 4.78. The Morgan fingerprint density at radius 3 is 2.64 bits per heavy atom. The van der Waals surface area contributed by atoms with Crippen LogP contribution in [0.2, 0.25) is 0 Å². The number of hydrazine groups is 1. The van der Waals surface area contributed by atoms with Crippen molar-refractivity contribution in [2.24, 2.45) is 0 Å². The van der Waals surface area contributed by atoms with Crippen LogP contribution in [-0.4, -0.2) is 22.6 Å². The summed E-state index contributed by atoms with van der Waals surface area (Å²) in [4.78, 5) is 38.1. The summed E-state index contributed by atoms with van der Waals surface area (Å²) in [5, 5.41) is 1.78. The van der Waals surface area contributed by atoms with Crippen LogP contribution in [0.15, 0.2) is 48.0 Å². The Balaban J connectivity index is 1.69. The summed E-state index contributed by atoms with van der Waals surface area (Å²) in [5.41, 5.74) is 6.68. The maximum atomic E-state index is 12.3. The van der Waals surface area contributed by atoms with Gasteiger partial charge in [0.2, 0.25) is 11.8 Å². The molecule has 0 radical (unpaired) electrons. The van der Waals surface area contributed by atoms with Gasteiger partial charge < -0.3 is 4.90 Å². The molecule has 7 heteroatoms. The van der Waals surface area contributed by atoms with Gasteiger partial charge in [-0.05, 0) is 28.6 Å². The fraction of sp³-hybridized carbons (Fsp3) is 0.167. The van der Waals surface area contributed by atoms with Crippen LogP contribution in [0.25, 0.3) is 6.08 Å². The maximum absolute atomic E-state index is 12.3. The van der Waals surface area contributed by atoms with E-state index in [9.17, 15) is 14.4 Å². The molecule has 1 aliphatic heterocycles. The molecule has 1 aliphatic rings. The van der Waals surface area contributed by atoms with Crippen molar-refractivity contribution in [3.63, 3.8) is 0 Å². The van der Waals surface area contributed by atoms with Gasteiger partial charge >= 0.3 is 0 Å². The van der Waals surface area contributed by atoms with E-state index in [-0.39, 0.29) is 24.1 Å². The first kappa shape index (κ1) is 16.9. The summed E-state index contributed by atoms with van der Waals surface area (Å²) in [5.74, 6) is -0.881. The second-order valence-electron chi connectivity index (χ2n) is 5.57. The molecule has 0 saturated carbocycles. The number of fused-ring (bicyclic) bond motifs is 1. The Kier molecular flexibility index (Phi) is 4.95. The van der Waals surface area contributed by atoms with Gasteiger partial charge in [-0.1, -0.05) is 30.3 Å². The molecular formula is C18H17N3O3S. The van der Waals surface area contributed by atoms with Crippen LogP contribution < -0.4 is 10.9 Å².